The van der Waals surface area contributed by atoms with Gasteiger partial charge < -0.3 is 14.8 Å². The van der Waals surface area contributed by atoms with Gasteiger partial charge in [-0.3, -0.25) is 4.99 Å². The van der Waals surface area contributed by atoms with Crippen molar-refractivity contribution in [2.45, 2.75) is 13.3 Å². The Morgan fingerprint density at radius 1 is 1.69 bits per heavy atom. The van der Waals surface area contributed by atoms with E-state index >= 15 is 0 Å². The fraction of sp³-hybridized carbons (Fsp3) is 0.500. The zero-order valence-electron chi connectivity index (χ0n) is 7.24. The second-order valence-electron chi connectivity index (χ2n) is 2.97. The molecule has 0 atom stereocenters. The molecule has 2 aliphatic heterocycles. The van der Waals surface area contributed by atoms with Gasteiger partial charge in [0.25, 0.3) is 0 Å². The van der Waals surface area contributed by atoms with Gasteiger partial charge >= 0.3 is 0 Å². The molecule has 0 N–H and O–H groups in total. The normalized spacial score (nSPS) is 21.6. The van der Waals surface area contributed by atoms with Crippen molar-refractivity contribution in [3.63, 3.8) is 0 Å². The van der Waals surface area contributed by atoms with Crippen LogP contribution < -0.4 is 5.11 Å². The Morgan fingerprint density at radius 3 is 3.08 bits per heavy atom. The molecule has 0 saturated carbocycles. The lowest BCUT2D eigenvalue weighted by Gasteiger charge is -2.23. The number of carboxylic acids is 1. The number of thioether (sulfide) groups is 1. The standard InChI is InChI=1S/C8H10N2O2S/c1-5-6(7(11)12)13-8-9-3-2-4-10(5)8/h2-4H2,1H3,(H,11,12)/p-1. The van der Waals surface area contributed by atoms with Crippen LogP contribution in [0.4, 0.5) is 0 Å². The monoisotopic (exact) mass is 197 g/mol. The van der Waals surface area contributed by atoms with E-state index in [9.17, 15) is 9.90 Å². The summed E-state index contributed by atoms with van der Waals surface area (Å²) in [7, 11) is 0. The van der Waals surface area contributed by atoms with Gasteiger partial charge in [-0.1, -0.05) is 0 Å². The van der Waals surface area contributed by atoms with Crippen LogP contribution in [0.2, 0.25) is 0 Å². The molecule has 0 aromatic heterocycles. The fourth-order valence-electron chi connectivity index (χ4n) is 1.46. The van der Waals surface area contributed by atoms with E-state index in [1.54, 1.807) is 6.92 Å². The number of allylic oxidation sites excluding steroid dienone is 1. The molecule has 0 bridgehead atoms. The van der Waals surface area contributed by atoms with Crippen molar-refractivity contribution in [1.82, 2.24) is 4.90 Å². The molecule has 2 rings (SSSR count). The van der Waals surface area contributed by atoms with E-state index in [2.05, 4.69) is 4.99 Å². The van der Waals surface area contributed by atoms with Gasteiger partial charge in [0.05, 0.1) is 10.9 Å². The average molecular weight is 197 g/mol. The summed E-state index contributed by atoms with van der Waals surface area (Å²) in [5.41, 5.74) is 0.767. The molecule has 5 heteroatoms. The minimum absolute atomic E-state index is 0.306. The molecule has 0 saturated heterocycles. The molecule has 0 amide bonds. The summed E-state index contributed by atoms with van der Waals surface area (Å²) in [6.07, 6.45) is 0.988. The molecule has 2 heterocycles. The summed E-state index contributed by atoms with van der Waals surface area (Å²) in [4.78, 5) is 17.2. The van der Waals surface area contributed by atoms with Gasteiger partial charge in [0, 0.05) is 18.8 Å². The smallest absolute Gasteiger partial charge is 0.168 e. The van der Waals surface area contributed by atoms with Gasteiger partial charge in [0.1, 0.15) is 0 Å². The maximum absolute atomic E-state index is 10.7. The van der Waals surface area contributed by atoms with Gasteiger partial charge in [-0.25, -0.2) is 0 Å². The number of carbonyl (C=O) groups is 1. The topological polar surface area (TPSA) is 55.7 Å². The van der Waals surface area contributed by atoms with Crippen molar-refractivity contribution in [2.75, 3.05) is 13.1 Å². The van der Waals surface area contributed by atoms with E-state index < -0.39 is 5.97 Å². The van der Waals surface area contributed by atoms with E-state index in [4.69, 9.17) is 0 Å². The van der Waals surface area contributed by atoms with Gasteiger partial charge in [0.15, 0.2) is 5.17 Å². The molecular formula is C8H9N2O2S-. The Morgan fingerprint density at radius 2 is 2.46 bits per heavy atom. The highest BCUT2D eigenvalue weighted by atomic mass is 32.2. The minimum Gasteiger partial charge on any atom is -0.544 e. The van der Waals surface area contributed by atoms with Crippen LogP contribution in [0.25, 0.3) is 0 Å². The van der Waals surface area contributed by atoms with Crippen molar-refractivity contribution in [3.05, 3.63) is 10.6 Å². The Bertz CT molecular complexity index is 322. The Labute approximate surface area is 80.3 Å². The SMILES string of the molecule is CC1=C(C(=O)[O-])SC2=NCCCN21. The molecule has 0 fully saturated rings. The number of rotatable bonds is 1. The number of hydrogen-bond acceptors (Lipinski definition) is 5. The third kappa shape index (κ3) is 1.33. The molecule has 13 heavy (non-hydrogen) atoms. The zero-order valence-corrected chi connectivity index (χ0v) is 8.06. The molecule has 70 valence electrons. The van der Waals surface area contributed by atoms with Crippen LogP contribution in [0.3, 0.4) is 0 Å². The largest absolute Gasteiger partial charge is 0.544 e. The summed E-state index contributed by atoms with van der Waals surface area (Å²) < 4.78 is 0. The number of aliphatic imine (C=N–C) groups is 1. The molecule has 4 nitrogen and oxygen atoms in total. The summed E-state index contributed by atoms with van der Waals surface area (Å²) in [6, 6.07) is 0. The second kappa shape index (κ2) is 3.06. The first kappa shape index (κ1) is 8.62. The quantitative estimate of drug-likeness (QED) is 0.583. The summed E-state index contributed by atoms with van der Waals surface area (Å²) in [5, 5.41) is 11.5. The summed E-state index contributed by atoms with van der Waals surface area (Å²) in [5.74, 6) is -1.10. The lowest BCUT2D eigenvalue weighted by Crippen LogP contribution is -2.29. The van der Waals surface area contributed by atoms with Gasteiger partial charge in [-0.2, -0.15) is 0 Å². The lowest BCUT2D eigenvalue weighted by molar-refractivity contribution is -0.298. The Balaban J connectivity index is 2.33. The van der Waals surface area contributed by atoms with Crippen LogP contribution >= 0.6 is 11.8 Å². The fourth-order valence-corrected chi connectivity index (χ4v) is 2.48. The molecule has 0 aliphatic carbocycles. The second-order valence-corrected chi connectivity index (χ2v) is 3.95. The van der Waals surface area contributed by atoms with Crippen molar-refractivity contribution < 1.29 is 9.90 Å². The molecule has 0 aromatic rings. The van der Waals surface area contributed by atoms with Gasteiger partial charge in [-0.05, 0) is 25.1 Å². The van der Waals surface area contributed by atoms with E-state index in [1.807, 2.05) is 4.90 Å². The number of aliphatic carboxylic acids is 1. The van der Waals surface area contributed by atoms with Crippen molar-refractivity contribution in [3.8, 4) is 0 Å². The molecule has 0 unspecified atom stereocenters. The molecular weight excluding hydrogens is 188 g/mol. The zero-order chi connectivity index (χ0) is 9.42. The van der Waals surface area contributed by atoms with E-state index in [0.717, 1.165) is 30.4 Å². The highest BCUT2D eigenvalue weighted by Gasteiger charge is 2.28. The van der Waals surface area contributed by atoms with E-state index in [1.165, 1.54) is 11.8 Å². The van der Waals surface area contributed by atoms with E-state index in [-0.39, 0.29) is 0 Å². The van der Waals surface area contributed by atoms with Crippen LogP contribution in [0.5, 0.6) is 0 Å². The highest BCUT2D eigenvalue weighted by molar-refractivity contribution is 8.18. The van der Waals surface area contributed by atoms with Crippen LogP contribution in [-0.4, -0.2) is 29.1 Å². The van der Waals surface area contributed by atoms with Gasteiger partial charge in [0.2, 0.25) is 0 Å². The van der Waals surface area contributed by atoms with Crippen LogP contribution in [-0.2, 0) is 4.79 Å². The van der Waals surface area contributed by atoms with Crippen molar-refractivity contribution >= 4 is 22.9 Å². The number of carboxylic acid groups (broad SMARTS) is 1. The molecule has 2 aliphatic rings. The summed E-state index contributed by atoms with van der Waals surface area (Å²) >= 11 is 1.20. The molecule has 0 spiro atoms. The Hall–Kier alpha value is -0.970. The Kier molecular flexibility index (Phi) is 2.03. The number of nitrogens with zero attached hydrogens (tertiary/aromatic N) is 2. The average Bonchev–Trinajstić information content (AvgIpc) is 2.45. The van der Waals surface area contributed by atoms with Crippen LogP contribution in [0, 0.1) is 0 Å². The van der Waals surface area contributed by atoms with Crippen molar-refractivity contribution in [1.29, 1.82) is 0 Å². The molecule has 0 aromatic carbocycles. The number of carbonyl (C=O) groups excluding carboxylic acids is 1. The number of hydrogen-bond donors (Lipinski definition) is 0. The number of amidine groups is 1. The highest BCUT2D eigenvalue weighted by Crippen LogP contribution is 2.35. The maximum Gasteiger partial charge on any atom is 0.168 e. The third-order valence-corrected chi connectivity index (χ3v) is 3.33. The first-order valence-electron chi connectivity index (χ1n) is 4.12. The first-order chi connectivity index (χ1) is 6.20. The van der Waals surface area contributed by atoms with E-state index in [0.29, 0.717) is 4.91 Å². The molecule has 0 radical (unpaired) electrons. The van der Waals surface area contributed by atoms with Gasteiger partial charge in [-0.15, -0.1) is 0 Å². The predicted octanol–water partition coefficient (Wildman–Crippen LogP) is -0.224. The third-order valence-electron chi connectivity index (χ3n) is 2.13. The predicted molar refractivity (Wildman–Crippen MR) is 48.9 cm³/mol. The van der Waals surface area contributed by atoms with Crippen molar-refractivity contribution in [2.24, 2.45) is 4.99 Å². The lowest BCUT2D eigenvalue weighted by atomic mass is 10.3. The number of fused-ring (bicyclic) bond motifs is 1. The van der Waals surface area contributed by atoms with Crippen LogP contribution in [0.15, 0.2) is 15.6 Å². The first-order valence-corrected chi connectivity index (χ1v) is 4.94. The summed E-state index contributed by atoms with van der Waals surface area (Å²) in [6.45, 7) is 3.47. The maximum atomic E-state index is 10.7. The minimum atomic E-state index is -1.10. The van der Waals surface area contributed by atoms with Crippen LogP contribution in [0.1, 0.15) is 13.3 Å².